The molecule has 2 aromatic rings. The highest BCUT2D eigenvalue weighted by Crippen LogP contribution is 2.32. The molecule has 0 spiro atoms. The Labute approximate surface area is 143 Å². The number of nitrogens with one attached hydrogen (secondary N) is 2. The summed E-state index contributed by atoms with van der Waals surface area (Å²) in [5.74, 6) is 0.00545. The minimum atomic E-state index is -0.394. The minimum absolute atomic E-state index is 0.127. The Morgan fingerprint density at radius 3 is 2.68 bits per heavy atom. The maximum absolute atomic E-state index is 13.5. The van der Waals surface area contributed by atoms with Gasteiger partial charge in [0.2, 0.25) is 12.7 Å². The summed E-state index contributed by atoms with van der Waals surface area (Å²) in [6, 6.07) is 9.56. The highest BCUT2D eigenvalue weighted by molar-refractivity contribution is 5.97. The molecule has 1 heterocycles. The number of hydrogen-bond donors (Lipinski definition) is 2. The van der Waals surface area contributed by atoms with Gasteiger partial charge < -0.3 is 20.1 Å². The van der Waals surface area contributed by atoms with Gasteiger partial charge in [-0.3, -0.25) is 9.59 Å². The van der Waals surface area contributed by atoms with Crippen molar-refractivity contribution in [2.75, 3.05) is 13.3 Å². The Balaban J connectivity index is 1.48. The van der Waals surface area contributed by atoms with E-state index in [-0.39, 0.29) is 31.6 Å². The third kappa shape index (κ3) is 4.06. The topological polar surface area (TPSA) is 76.7 Å². The average Bonchev–Trinajstić information content (AvgIpc) is 3.08. The predicted molar refractivity (Wildman–Crippen MR) is 87.9 cm³/mol. The number of aryl methyl sites for hydroxylation is 1. The number of carbonyl (C=O) groups is 2. The molecule has 1 aliphatic heterocycles. The molecule has 0 radical (unpaired) electrons. The van der Waals surface area contributed by atoms with E-state index in [4.69, 9.17) is 9.47 Å². The maximum Gasteiger partial charge on any atom is 0.251 e. The van der Waals surface area contributed by atoms with Gasteiger partial charge >= 0.3 is 0 Å². The first-order valence-electron chi connectivity index (χ1n) is 7.72. The van der Waals surface area contributed by atoms with Crippen LogP contribution in [0.25, 0.3) is 0 Å². The monoisotopic (exact) mass is 344 g/mol. The molecule has 25 heavy (non-hydrogen) atoms. The summed E-state index contributed by atoms with van der Waals surface area (Å²) in [4.78, 5) is 23.9. The molecular formula is C18H17FN2O4. The van der Waals surface area contributed by atoms with Crippen LogP contribution in [0.2, 0.25) is 0 Å². The zero-order chi connectivity index (χ0) is 17.8. The Kier molecular flexibility index (Phi) is 4.83. The van der Waals surface area contributed by atoms with Crippen molar-refractivity contribution in [3.05, 3.63) is 58.9 Å². The van der Waals surface area contributed by atoms with Crippen LogP contribution in [-0.4, -0.2) is 25.2 Å². The quantitative estimate of drug-likeness (QED) is 0.869. The predicted octanol–water partition coefficient (Wildman–Crippen LogP) is 1.91. The SMILES string of the molecule is Cc1ccc(CNC(=O)CNC(=O)c2ccc3c(c2)OCO3)cc1F. The first kappa shape index (κ1) is 16.8. The van der Waals surface area contributed by atoms with Crippen molar-refractivity contribution in [3.8, 4) is 11.5 Å². The Hall–Kier alpha value is -3.09. The van der Waals surface area contributed by atoms with Crippen LogP contribution in [-0.2, 0) is 11.3 Å². The lowest BCUT2D eigenvalue weighted by Gasteiger charge is -2.08. The van der Waals surface area contributed by atoms with Crippen molar-refractivity contribution >= 4 is 11.8 Å². The van der Waals surface area contributed by atoms with E-state index >= 15 is 0 Å². The molecule has 6 nitrogen and oxygen atoms in total. The van der Waals surface area contributed by atoms with E-state index in [0.717, 1.165) is 0 Å². The Bertz CT molecular complexity index is 823. The molecule has 0 unspecified atom stereocenters. The molecule has 1 aliphatic rings. The largest absolute Gasteiger partial charge is 0.454 e. The van der Waals surface area contributed by atoms with Crippen LogP contribution in [0.3, 0.4) is 0 Å². The summed E-state index contributed by atoms with van der Waals surface area (Å²) in [5, 5.41) is 5.15. The number of fused-ring (bicyclic) bond motifs is 1. The molecule has 0 aliphatic carbocycles. The second kappa shape index (κ2) is 7.21. The van der Waals surface area contributed by atoms with Crippen LogP contribution < -0.4 is 20.1 Å². The number of benzene rings is 2. The van der Waals surface area contributed by atoms with E-state index in [0.29, 0.717) is 28.2 Å². The molecule has 2 N–H and O–H groups in total. The number of hydrogen-bond acceptors (Lipinski definition) is 4. The third-order valence-corrected chi connectivity index (χ3v) is 3.77. The fourth-order valence-corrected chi connectivity index (χ4v) is 2.31. The fraction of sp³-hybridized carbons (Fsp3) is 0.222. The number of ether oxygens (including phenoxy) is 2. The zero-order valence-corrected chi connectivity index (χ0v) is 13.6. The Morgan fingerprint density at radius 2 is 1.88 bits per heavy atom. The number of rotatable bonds is 5. The smallest absolute Gasteiger partial charge is 0.251 e. The highest BCUT2D eigenvalue weighted by atomic mass is 19.1. The molecule has 3 rings (SSSR count). The van der Waals surface area contributed by atoms with Gasteiger partial charge in [0.05, 0.1) is 6.54 Å². The first-order valence-corrected chi connectivity index (χ1v) is 7.72. The van der Waals surface area contributed by atoms with Gasteiger partial charge in [0.15, 0.2) is 11.5 Å². The standard InChI is InChI=1S/C18H17FN2O4/c1-11-2-3-12(6-14(11)19)8-20-17(22)9-21-18(23)13-4-5-15-16(7-13)25-10-24-15/h2-7H,8-10H2,1H3,(H,20,22)(H,21,23). The molecule has 0 atom stereocenters. The van der Waals surface area contributed by atoms with E-state index in [1.165, 1.54) is 6.07 Å². The van der Waals surface area contributed by atoms with E-state index in [9.17, 15) is 14.0 Å². The van der Waals surface area contributed by atoms with E-state index in [2.05, 4.69) is 10.6 Å². The molecule has 130 valence electrons. The van der Waals surface area contributed by atoms with Crippen LogP contribution in [0.15, 0.2) is 36.4 Å². The van der Waals surface area contributed by atoms with Crippen molar-refractivity contribution in [1.29, 1.82) is 0 Å². The summed E-state index contributed by atoms with van der Waals surface area (Å²) >= 11 is 0. The molecule has 0 fully saturated rings. The molecule has 7 heteroatoms. The van der Waals surface area contributed by atoms with Gasteiger partial charge in [-0.25, -0.2) is 4.39 Å². The Morgan fingerprint density at radius 1 is 1.08 bits per heavy atom. The van der Waals surface area contributed by atoms with E-state index in [1.807, 2.05) is 0 Å². The minimum Gasteiger partial charge on any atom is -0.454 e. The molecule has 0 aromatic heterocycles. The van der Waals surface area contributed by atoms with Crippen LogP contribution in [0.1, 0.15) is 21.5 Å². The number of carbonyl (C=O) groups excluding carboxylic acids is 2. The lowest BCUT2D eigenvalue weighted by Crippen LogP contribution is -2.36. The van der Waals surface area contributed by atoms with Gasteiger partial charge in [-0.1, -0.05) is 12.1 Å². The summed E-state index contributed by atoms with van der Waals surface area (Å²) in [6.45, 7) is 1.81. The van der Waals surface area contributed by atoms with Gasteiger partial charge in [-0.2, -0.15) is 0 Å². The van der Waals surface area contributed by atoms with Gasteiger partial charge in [-0.05, 0) is 42.3 Å². The normalized spacial score (nSPS) is 11.9. The van der Waals surface area contributed by atoms with Crippen molar-refractivity contribution in [3.63, 3.8) is 0 Å². The van der Waals surface area contributed by atoms with Crippen molar-refractivity contribution < 1.29 is 23.5 Å². The highest BCUT2D eigenvalue weighted by Gasteiger charge is 2.16. The van der Waals surface area contributed by atoms with Crippen molar-refractivity contribution in [1.82, 2.24) is 10.6 Å². The van der Waals surface area contributed by atoms with E-state index in [1.54, 1.807) is 37.3 Å². The van der Waals surface area contributed by atoms with Gasteiger partial charge in [0, 0.05) is 12.1 Å². The molecule has 2 aromatic carbocycles. The van der Waals surface area contributed by atoms with Crippen LogP contribution in [0, 0.1) is 12.7 Å². The lowest BCUT2D eigenvalue weighted by molar-refractivity contribution is -0.120. The number of amides is 2. The van der Waals surface area contributed by atoms with Crippen LogP contribution in [0.5, 0.6) is 11.5 Å². The second-order valence-corrected chi connectivity index (χ2v) is 5.61. The van der Waals surface area contributed by atoms with Crippen LogP contribution >= 0.6 is 0 Å². The van der Waals surface area contributed by atoms with Gasteiger partial charge in [-0.15, -0.1) is 0 Å². The van der Waals surface area contributed by atoms with Crippen molar-refractivity contribution in [2.24, 2.45) is 0 Å². The van der Waals surface area contributed by atoms with Crippen LogP contribution in [0.4, 0.5) is 4.39 Å². The maximum atomic E-state index is 13.5. The van der Waals surface area contributed by atoms with Gasteiger partial charge in [0.1, 0.15) is 5.82 Å². The van der Waals surface area contributed by atoms with Gasteiger partial charge in [0.25, 0.3) is 5.91 Å². The lowest BCUT2D eigenvalue weighted by atomic mass is 10.1. The average molecular weight is 344 g/mol. The number of halogens is 1. The molecular weight excluding hydrogens is 327 g/mol. The first-order chi connectivity index (χ1) is 12.0. The summed E-state index contributed by atoms with van der Waals surface area (Å²) in [6.07, 6.45) is 0. The molecule has 0 saturated carbocycles. The summed E-state index contributed by atoms with van der Waals surface area (Å²) < 4.78 is 23.8. The molecule has 0 bridgehead atoms. The molecule has 0 saturated heterocycles. The summed E-state index contributed by atoms with van der Waals surface area (Å²) in [7, 11) is 0. The third-order valence-electron chi connectivity index (χ3n) is 3.77. The second-order valence-electron chi connectivity index (χ2n) is 5.61. The van der Waals surface area contributed by atoms with Crippen molar-refractivity contribution in [2.45, 2.75) is 13.5 Å². The van der Waals surface area contributed by atoms with E-state index < -0.39 is 5.91 Å². The fourth-order valence-electron chi connectivity index (χ4n) is 2.31. The zero-order valence-electron chi connectivity index (χ0n) is 13.6. The molecule has 2 amide bonds. The summed E-state index contributed by atoms with van der Waals surface area (Å²) in [5.41, 5.74) is 1.57.